The molecule has 0 spiro atoms. The quantitative estimate of drug-likeness (QED) is 0.889. The fourth-order valence-electron chi connectivity index (χ4n) is 3.12. The summed E-state index contributed by atoms with van der Waals surface area (Å²) in [6.45, 7) is 1.99. The third-order valence-electron chi connectivity index (χ3n) is 4.20. The monoisotopic (exact) mass is 289 g/mol. The number of fused-ring (bicyclic) bond motifs is 1. The van der Waals surface area contributed by atoms with E-state index in [0.29, 0.717) is 5.92 Å². The van der Waals surface area contributed by atoms with Gasteiger partial charge in [-0.25, -0.2) is 0 Å². The van der Waals surface area contributed by atoms with Crippen LogP contribution in [-0.4, -0.2) is 20.2 Å². The van der Waals surface area contributed by atoms with E-state index in [1.807, 2.05) is 12.1 Å². The van der Waals surface area contributed by atoms with Crippen LogP contribution >= 0.6 is 11.6 Å². The molecule has 20 heavy (non-hydrogen) atoms. The summed E-state index contributed by atoms with van der Waals surface area (Å²) < 4.78 is 5.24. The van der Waals surface area contributed by atoms with E-state index >= 15 is 0 Å². The lowest BCUT2D eigenvalue weighted by Crippen LogP contribution is -2.20. The van der Waals surface area contributed by atoms with Crippen LogP contribution < -0.4 is 10.1 Å². The molecular formula is C17H20ClNO. The van der Waals surface area contributed by atoms with Crippen molar-refractivity contribution in [3.05, 3.63) is 52.1 Å². The van der Waals surface area contributed by atoms with E-state index in [9.17, 15) is 0 Å². The van der Waals surface area contributed by atoms with Crippen LogP contribution in [-0.2, 0) is 0 Å². The van der Waals surface area contributed by atoms with Crippen molar-refractivity contribution in [2.75, 3.05) is 20.2 Å². The summed E-state index contributed by atoms with van der Waals surface area (Å²) in [6, 6.07) is 8.40. The molecule has 1 atom stereocenters. The molecule has 1 unspecified atom stereocenters. The van der Waals surface area contributed by atoms with Gasteiger partial charge in [0.1, 0.15) is 5.75 Å². The Morgan fingerprint density at radius 2 is 2.00 bits per heavy atom. The summed E-state index contributed by atoms with van der Waals surface area (Å²) in [5.41, 5.74) is 4.12. The highest BCUT2D eigenvalue weighted by Gasteiger charge is 2.26. The average Bonchev–Trinajstić information content (AvgIpc) is 2.71. The molecular weight excluding hydrogens is 270 g/mol. The molecule has 0 amide bonds. The highest BCUT2D eigenvalue weighted by atomic mass is 35.5. The fraction of sp³-hybridized carbons (Fsp3) is 0.412. The van der Waals surface area contributed by atoms with Gasteiger partial charge in [0.05, 0.1) is 7.11 Å². The van der Waals surface area contributed by atoms with Gasteiger partial charge < -0.3 is 10.1 Å². The van der Waals surface area contributed by atoms with Gasteiger partial charge in [0.25, 0.3) is 0 Å². The molecule has 0 bridgehead atoms. The van der Waals surface area contributed by atoms with Crippen molar-refractivity contribution in [2.24, 2.45) is 0 Å². The van der Waals surface area contributed by atoms with Crippen molar-refractivity contribution in [1.82, 2.24) is 5.32 Å². The fourth-order valence-corrected chi connectivity index (χ4v) is 3.43. The predicted octanol–water partition coefficient (Wildman–Crippen LogP) is 3.99. The molecule has 1 aliphatic heterocycles. The zero-order valence-electron chi connectivity index (χ0n) is 11.8. The van der Waals surface area contributed by atoms with Crippen molar-refractivity contribution in [3.63, 3.8) is 0 Å². The molecule has 106 valence electrons. The van der Waals surface area contributed by atoms with E-state index in [-0.39, 0.29) is 0 Å². The topological polar surface area (TPSA) is 21.3 Å². The summed E-state index contributed by atoms with van der Waals surface area (Å²) in [7, 11) is 1.70. The van der Waals surface area contributed by atoms with Crippen LogP contribution in [0.4, 0.5) is 0 Å². The normalized spacial score (nSPS) is 22.9. The molecule has 0 aromatic heterocycles. The maximum Gasteiger partial charge on any atom is 0.118 e. The Bertz CT molecular complexity index is 545. The van der Waals surface area contributed by atoms with E-state index in [0.717, 1.165) is 43.1 Å². The lowest BCUT2D eigenvalue weighted by atomic mass is 9.83. The second-order valence-corrected chi connectivity index (χ2v) is 5.82. The van der Waals surface area contributed by atoms with Crippen LogP contribution in [0, 0.1) is 0 Å². The molecule has 2 aliphatic rings. The first-order chi connectivity index (χ1) is 9.79. The summed E-state index contributed by atoms with van der Waals surface area (Å²) in [6.07, 6.45) is 5.47. The first-order valence-corrected chi connectivity index (χ1v) is 7.60. The maximum absolute atomic E-state index is 6.45. The minimum absolute atomic E-state index is 0.396. The van der Waals surface area contributed by atoms with E-state index in [2.05, 4.69) is 23.5 Å². The molecule has 2 nitrogen and oxygen atoms in total. The van der Waals surface area contributed by atoms with Crippen molar-refractivity contribution in [2.45, 2.75) is 25.2 Å². The van der Waals surface area contributed by atoms with Crippen LogP contribution in [0.5, 0.6) is 5.75 Å². The second-order valence-electron chi connectivity index (χ2n) is 5.36. The Morgan fingerprint density at radius 1 is 1.20 bits per heavy atom. The van der Waals surface area contributed by atoms with Gasteiger partial charge in [-0.05, 0) is 54.6 Å². The van der Waals surface area contributed by atoms with Gasteiger partial charge in [-0.2, -0.15) is 0 Å². The Hall–Kier alpha value is -1.25. The van der Waals surface area contributed by atoms with Crippen LogP contribution in [0.2, 0.25) is 0 Å². The maximum atomic E-state index is 6.45. The Balaban J connectivity index is 1.96. The number of nitrogens with one attached hydrogen (secondary N) is 1. The summed E-state index contributed by atoms with van der Waals surface area (Å²) in [5, 5.41) is 4.60. The predicted molar refractivity (Wildman–Crippen MR) is 83.4 cm³/mol. The average molecular weight is 290 g/mol. The highest BCUT2D eigenvalue weighted by molar-refractivity contribution is 6.30. The first-order valence-electron chi connectivity index (χ1n) is 7.22. The molecule has 1 aromatic rings. The lowest BCUT2D eigenvalue weighted by molar-refractivity contribution is 0.414. The summed E-state index contributed by atoms with van der Waals surface area (Å²) in [5.74, 6) is 1.30. The van der Waals surface area contributed by atoms with E-state index < -0.39 is 0 Å². The number of hydrogen-bond donors (Lipinski definition) is 1. The van der Waals surface area contributed by atoms with E-state index in [1.165, 1.54) is 16.7 Å². The van der Waals surface area contributed by atoms with Gasteiger partial charge in [-0.3, -0.25) is 0 Å². The van der Waals surface area contributed by atoms with Gasteiger partial charge in [0.2, 0.25) is 0 Å². The Morgan fingerprint density at radius 3 is 2.75 bits per heavy atom. The molecule has 1 aromatic carbocycles. The smallest absolute Gasteiger partial charge is 0.118 e. The number of methoxy groups -OCH3 is 1. The summed E-state index contributed by atoms with van der Waals surface area (Å²) in [4.78, 5) is 0. The second kappa shape index (κ2) is 6.02. The Labute approximate surface area is 125 Å². The molecule has 0 saturated carbocycles. The number of benzene rings is 1. The number of allylic oxidation sites excluding steroid dienone is 2. The standard InChI is InChI=1S/C17H20ClNO/c1-20-13-7-5-12(6-8-13)16-11-19-10-9-15-14(16)3-2-4-17(15)18/h3,5-8,16,19H,2,4,9-11H2,1H3. The molecule has 1 aliphatic carbocycles. The van der Waals surface area contributed by atoms with Crippen LogP contribution in [0.3, 0.4) is 0 Å². The highest BCUT2D eigenvalue weighted by Crippen LogP contribution is 2.39. The molecule has 1 heterocycles. The number of rotatable bonds is 2. The summed E-state index contributed by atoms with van der Waals surface area (Å²) >= 11 is 6.45. The third kappa shape index (κ3) is 2.63. The molecule has 0 radical (unpaired) electrons. The van der Waals surface area contributed by atoms with Gasteiger partial charge in [0, 0.05) is 17.5 Å². The molecule has 1 saturated heterocycles. The van der Waals surface area contributed by atoms with Crippen LogP contribution in [0.25, 0.3) is 0 Å². The first kappa shape index (κ1) is 13.7. The Kier molecular flexibility index (Phi) is 4.13. The SMILES string of the molecule is COc1ccc(C2CNCCC3=C(Cl)CCC=C32)cc1. The minimum Gasteiger partial charge on any atom is -0.497 e. The van der Waals surface area contributed by atoms with Crippen LogP contribution in [0.1, 0.15) is 30.7 Å². The van der Waals surface area contributed by atoms with Crippen molar-refractivity contribution < 1.29 is 4.74 Å². The van der Waals surface area contributed by atoms with E-state index in [4.69, 9.17) is 16.3 Å². The third-order valence-corrected chi connectivity index (χ3v) is 4.61. The molecule has 3 heteroatoms. The van der Waals surface area contributed by atoms with Gasteiger partial charge in [-0.15, -0.1) is 0 Å². The zero-order chi connectivity index (χ0) is 13.9. The lowest BCUT2D eigenvalue weighted by Gasteiger charge is -2.24. The van der Waals surface area contributed by atoms with Gasteiger partial charge in [-0.1, -0.05) is 29.8 Å². The van der Waals surface area contributed by atoms with Crippen molar-refractivity contribution in [1.29, 1.82) is 0 Å². The number of ether oxygens (including phenoxy) is 1. The molecule has 3 rings (SSSR count). The molecule has 1 fully saturated rings. The van der Waals surface area contributed by atoms with E-state index in [1.54, 1.807) is 7.11 Å². The van der Waals surface area contributed by atoms with Gasteiger partial charge >= 0.3 is 0 Å². The van der Waals surface area contributed by atoms with Crippen LogP contribution in [0.15, 0.2) is 46.5 Å². The molecule has 1 N–H and O–H groups in total. The number of halogens is 1. The largest absolute Gasteiger partial charge is 0.497 e. The van der Waals surface area contributed by atoms with Gasteiger partial charge in [0.15, 0.2) is 0 Å². The number of hydrogen-bond acceptors (Lipinski definition) is 2. The van der Waals surface area contributed by atoms with Crippen molar-refractivity contribution in [3.8, 4) is 5.75 Å². The van der Waals surface area contributed by atoms with Crippen molar-refractivity contribution >= 4 is 11.6 Å². The minimum atomic E-state index is 0.396. The zero-order valence-corrected chi connectivity index (χ0v) is 12.5.